The predicted octanol–water partition coefficient (Wildman–Crippen LogP) is 16.7. The molecule has 0 N–H and O–H groups in total. The van der Waals surface area contributed by atoms with Crippen molar-refractivity contribution < 1.29 is 0 Å². The van der Waals surface area contributed by atoms with Crippen molar-refractivity contribution in [1.82, 2.24) is 0 Å². The Balaban J connectivity index is 0.953. The summed E-state index contributed by atoms with van der Waals surface area (Å²) in [5.41, 5.74) is 23.2. The number of benzene rings is 9. The van der Waals surface area contributed by atoms with Gasteiger partial charge in [-0.25, -0.2) is 0 Å². The Bertz CT molecular complexity index is 3210. The molecule has 0 radical (unpaired) electrons. The lowest BCUT2D eigenvalue weighted by atomic mass is 9.72. The molecule has 9 aromatic carbocycles. The highest BCUT2D eigenvalue weighted by Crippen LogP contribution is 2.62. The Morgan fingerprint density at radius 1 is 0.254 bits per heavy atom. The van der Waals surface area contributed by atoms with Crippen molar-refractivity contribution in [3.05, 3.63) is 228 Å². The highest BCUT2D eigenvalue weighted by Gasteiger charge is 2.47. The Kier molecular flexibility index (Phi) is 8.01. The summed E-state index contributed by atoms with van der Waals surface area (Å²) < 4.78 is 0. The molecular weight excluding hydrogens is 761 g/mol. The normalized spacial score (nSPS) is 15.2. The Hall–Kier alpha value is -7.16. The fraction of sp³-hybridized carbons (Fsp3) is 0.148. The van der Waals surface area contributed by atoms with E-state index in [0.717, 1.165) is 28.4 Å². The van der Waals surface area contributed by atoms with Crippen molar-refractivity contribution in [2.75, 3.05) is 9.80 Å². The van der Waals surface area contributed by atoms with E-state index >= 15 is 0 Å². The minimum Gasteiger partial charge on any atom is -0.310 e. The predicted molar refractivity (Wildman–Crippen MR) is 266 cm³/mol. The largest absolute Gasteiger partial charge is 0.310 e. The van der Waals surface area contributed by atoms with Gasteiger partial charge in [0.15, 0.2) is 0 Å². The maximum atomic E-state index is 2.56. The van der Waals surface area contributed by atoms with E-state index in [2.05, 4.69) is 245 Å². The molecule has 0 aliphatic heterocycles. The highest BCUT2D eigenvalue weighted by atomic mass is 15.1. The van der Waals surface area contributed by atoms with Crippen LogP contribution in [0.3, 0.4) is 0 Å². The monoisotopic (exact) mass is 810 g/mol. The molecule has 0 fully saturated rings. The zero-order valence-corrected chi connectivity index (χ0v) is 36.9. The topological polar surface area (TPSA) is 6.48 Å². The van der Waals surface area contributed by atoms with Gasteiger partial charge in [0.1, 0.15) is 0 Å². The van der Waals surface area contributed by atoms with Gasteiger partial charge < -0.3 is 9.80 Å². The fourth-order valence-corrected chi connectivity index (χ4v) is 11.6. The van der Waals surface area contributed by atoms with Gasteiger partial charge in [0.05, 0.1) is 0 Å². The number of nitrogens with zero attached hydrogens (tertiary/aromatic N) is 2. The van der Waals surface area contributed by atoms with E-state index in [-0.39, 0.29) is 16.2 Å². The van der Waals surface area contributed by atoms with Gasteiger partial charge in [-0.1, -0.05) is 139 Å². The third-order valence-corrected chi connectivity index (χ3v) is 14.7. The van der Waals surface area contributed by atoms with Crippen molar-refractivity contribution in [2.45, 2.75) is 57.8 Å². The smallest absolute Gasteiger partial charge is 0.0468 e. The quantitative estimate of drug-likeness (QED) is 0.165. The van der Waals surface area contributed by atoms with Crippen LogP contribution in [0.5, 0.6) is 0 Å². The van der Waals surface area contributed by atoms with Crippen LogP contribution in [0, 0.1) is 0 Å². The van der Waals surface area contributed by atoms with E-state index in [1.807, 2.05) is 0 Å². The average molecular weight is 811 g/mol. The third kappa shape index (κ3) is 5.44. The SMILES string of the molecule is CC1(C)c2cc(N(c3ccccc3)c3ccccc3)ccc2-c2cc3c(cc21)-c1ccc2c(c1C3(C)C)C(C)(C)c1cc3cc(N(c4ccccc4)c4ccccc4)ccc3cc1-2. The molecule has 0 saturated heterocycles. The molecule has 0 heterocycles. The molecule has 0 unspecified atom stereocenters. The van der Waals surface area contributed by atoms with Crippen molar-refractivity contribution >= 4 is 44.9 Å². The van der Waals surface area contributed by atoms with E-state index < -0.39 is 0 Å². The van der Waals surface area contributed by atoms with Crippen LogP contribution in [0.2, 0.25) is 0 Å². The molecule has 0 bridgehead atoms. The molecule has 0 saturated carbocycles. The van der Waals surface area contributed by atoms with Crippen LogP contribution in [0.1, 0.15) is 74.9 Å². The van der Waals surface area contributed by atoms with E-state index in [1.54, 1.807) is 0 Å². The second kappa shape index (κ2) is 13.4. The minimum atomic E-state index is -0.188. The lowest BCUT2D eigenvalue weighted by Crippen LogP contribution is -2.24. The molecule has 3 aliphatic rings. The van der Waals surface area contributed by atoms with E-state index in [9.17, 15) is 0 Å². The zero-order valence-electron chi connectivity index (χ0n) is 36.9. The molecule has 63 heavy (non-hydrogen) atoms. The number of para-hydroxylation sites is 4. The van der Waals surface area contributed by atoms with E-state index in [0.29, 0.717) is 0 Å². The number of fused-ring (bicyclic) bond motifs is 11. The summed E-state index contributed by atoms with van der Waals surface area (Å²) in [7, 11) is 0. The first kappa shape index (κ1) is 37.6. The Morgan fingerprint density at radius 2 is 0.619 bits per heavy atom. The molecule has 304 valence electrons. The third-order valence-electron chi connectivity index (χ3n) is 14.7. The molecule has 0 amide bonds. The van der Waals surface area contributed by atoms with Gasteiger partial charge in [0, 0.05) is 50.4 Å². The van der Waals surface area contributed by atoms with Crippen molar-refractivity contribution in [3.8, 4) is 33.4 Å². The minimum absolute atomic E-state index is 0.177. The Labute approximate surface area is 371 Å². The first-order chi connectivity index (χ1) is 30.5. The summed E-state index contributed by atoms with van der Waals surface area (Å²) in [4.78, 5) is 4.74. The maximum Gasteiger partial charge on any atom is 0.0468 e. The maximum absolute atomic E-state index is 2.56. The molecule has 9 aromatic rings. The first-order valence-electron chi connectivity index (χ1n) is 22.4. The van der Waals surface area contributed by atoms with Gasteiger partial charge >= 0.3 is 0 Å². The van der Waals surface area contributed by atoms with E-state index in [4.69, 9.17) is 0 Å². The molecule has 0 aromatic heterocycles. The number of hydrogen-bond donors (Lipinski definition) is 0. The van der Waals surface area contributed by atoms with Crippen LogP contribution in [0.15, 0.2) is 194 Å². The van der Waals surface area contributed by atoms with Gasteiger partial charge in [-0.3, -0.25) is 0 Å². The molecular formula is C61H50N2. The van der Waals surface area contributed by atoms with Crippen LogP contribution in [0.4, 0.5) is 34.1 Å². The fourth-order valence-electron chi connectivity index (χ4n) is 11.6. The molecule has 0 atom stereocenters. The second-order valence-electron chi connectivity index (χ2n) is 19.4. The lowest BCUT2D eigenvalue weighted by molar-refractivity contribution is 0.601. The van der Waals surface area contributed by atoms with Crippen LogP contribution in [0.25, 0.3) is 44.2 Å². The van der Waals surface area contributed by atoms with Gasteiger partial charge in [0.2, 0.25) is 0 Å². The van der Waals surface area contributed by atoms with E-state index in [1.165, 1.54) is 83.2 Å². The van der Waals surface area contributed by atoms with Gasteiger partial charge in [-0.2, -0.15) is 0 Å². The number of hydrogen-bond acceptors (Lipinski definition) is 2. The second-order valence-corrected chi connectivity index (χ2v) is 19.4. The van der Waals surface area contributed by atoms with Crippen molar-refractivity contribution in [2.24, 2.45) is 0 Å². The summed E-state index contributed by atoms with van der Waals surface area (Å²) in [6.45, 7) is 14.7. The van der Waals surface area contributed by atoms with Crippen LogP contribution < -0.4 is 9.80 Å². The molecule has 0 spiro atoms. The zero-order chi connectivity index (χ0) is 42.8. The van der Waals surface area contributed by atoms with Gasteiger partial charge in [-0.05, 0) is 175 Å². The summed E-state index contributed by atoms with van der Waals surface area (Å²) in [6, 6.07) is 71.9. The Morgan fingerprint density at radius 3 is 1.11 bits per heavy atom. The molecule has 2 heteroatoms. The standard InChI is InChI=1S/C61H50N2/c1-59(2)54-36-46(63(43-23-15-9-16-24-43)44-25-17-10-18-26-44)29-30-47(54)51-37-56-52(38-55(51)59)49-32-31-48-50-34-39-27-28-45(62(41-19-11-7-12-20-41)42-21-13-8-14-22-42)33-40(39)35-53(50)60(3,4)57(48)58(49)61(56,5)6/h7-38H,1-6H3. The number of rotatable bonds is 6. The number of anilines is 6. The van der Waals surface area contributed by atoms with Crippen molar-refractivity contribution in [1.29, 1.82) is 0 Å². The van der Waals surface area contributed by atoms with Gasteiger partial charge in [0.25, 0.3) is 0 Å². The summed E-state index contributed by atoms with van der Waals surface area (Å²) in [5.74, 6) is 0. The average Bonchev–Trinajstić information content (AvgIpc) is 3.77. The van der Waals surface area contributed by atoms with Crippen LogP contribution in [-0.4, -0.2) is 0 Å². The summed E-state index contributed by atoms with van der Waals surface area (Å²) in [5, 5.41) is 2.53. The van der Waals surface area contributed by atoms with Crippen LogP contribution >= 0.6 is 0 Å². The first-order valence-corrected chi connectivity index (χ1v) is 22.4. The summed E-state index contributed by atoms with van der Waals surface area (Å²) in [6.07, 6.45) is 0. The van der Waals surface area contributed by atoms with Crippen LogP contribution in [-0.2, 0) is 16.2 Å². The molecule has 3 aliphatic carbocycles. The molecule has 12 rings (SSSR count). The highest BCUT2D eigenvalue weighted by molar-refractivity contribution is 5.99. The van der Waals surface area contributed by atoms with Crippen molar-refractivity contribution in [3.63, 3.8) is 0 Å². The lowest BCUT2D eigenvalue weighted by Gasteiger charge is -2.31. The molecule has 2 nitrogen and oxygen atoms in total. The van der Waals surface area contributed by atoms with Gasteiger partial charge in [-0.15, -0.1) is 0 Å². The summed E-state index contributed by atoms with van der Waals surface area (Å²) >= 11 is 0.